The number of aromatic amines is 1. The molecule has 3 aromatic rings. The monoisotopic (exact) mass is 456 g/mol. The van der Waals surface area contributed by atoms with Crippen molar-refractivity contribution in [2.24, 2.45) is 0 Å². The first kappa shape index (κ1) is 22.2. The molecule has 7 nitrogen and oxygen atoms in total. The van der Waals surface area contributed by atoms with Crippen LogP contribution in [0.3, 0.4) is 0 Å². The molecule has 0 saturated carbocycles. The average molecular weight is 457 g/mol. The number of H-pyrrole nitrogens is 1. The molecule has 2 saturated heterocycles. The van der Waals surface area contributed by atoms with Gasteiger partial charge < -0.3 is 24.1 Å². The first-order chi connectivity index (χ1) is 16.7. The van der Waals surface area contributed by atoms with Crippen LogP contribution in [0.15, 0.2) is 60.5 Å². The van der Waals surface area contributed by atoms with Gasteiger partial charge in [-0.15, -0.1) is 0 Å². The van der Waals surface area contributed by atoms with E-state index < -0.39 is 0 Å². The lowest BCUT2D eigenvalue weighted by Crippen LogP contribution is -2.38. The number of rotatable bonds is 7. The van der Waals surface area contributed by atoms with Crippen molar-refractivity contribution in [2.45, 2.75) is 19.4 Å². The fraction of sp³-hybridized carbons (Fsp3) is 0.333. The molecule has 5 rings (SSSR count). The van der Waals surface area contributed by atoms with Crippen molar-refractivity contribution in [1.82, 2.24) is 14.9 Å². The van der Waals surface area contributed by atoms with Crippen LogP contribution >= 0.6 is 0 Å². The molecule has 0 radical (unpaired) electrons. The van der Waals surface area contributed by atoms with Crippen LogP contribution in [0.2, 0.25) is 0 Å². The molecule has 2 aliphatic heterocycles. The molecule has 34 heavy (non-hydrogen) atoms. The molecule has 1 N–H and O–H groups in total. The largest absolute Gasteiger partial charge is 0.484 e. The molecule has 4 heterocycles. The highest BCUT2D eigenvalue weighted by atomic mass is 16.6. The van der Waals surface area contributed by atoms with Crippen molar-refractivity contribution in [3.8, 4) is 22.9 Å². The second-order valence-corrected chi connectivity index (χ2v) is 8.43. The lowest BCUT2D eigenvalue weighted by molar-refractivity contribution is -0.0797. The Kier molecular flexibility index (Phi) is 6.61. The topological polar surface area (TPSA) is 83.4 Å². The number of nitrogens with zero attached hydrogens (tertiary/aromatic N) is 3. The Morgan fingerprint density at radius 1 is 1.24 bits per heavy atom. The summed E-state index contributed by atoms with van der Waals surface area (Å²) in [6, 6.07) is 12.2. The van der Waals surface area contributed by atoms with E-state index in [0.29, 0.717) is 24.5 Å². The second kappa shape index (κ2) is 10.1. The van der Waals surface area contributed by atoms with E-state index in [1.807, 2.05) is 24.3 Å². The molecule has 2 fully saturated rings. The molecule has 0 unspecified atom stereocenters. The summed E-state index contributed by atoms with van der Waals surface area (Å²) in [4.78, 5) is 10.3. The molecule has 0 atom stereocenters. The summed E-state index contributed by atoms with van der Waals surface area (Å²) in [5.74, 6) is 0.602. The molecule has 2 aliphatic rings. The summed E-state index contributed by atoms with van der Waals surface area (Å²) in [5, 5.41) is 10.7. The normalized spacial score (nSPS) is 17.2. The molecule has 0 bridgehead atoms. The van der Waals surface area contributed by atoms with Gasteiger partial charge in [-0.2, -0.15) is 5.26 Å². The van der Waals surface area contributed by atoms with Crippen LogP contribution in [-0.4, -0.2) is 60.5 Å². The van der Waals surface area contributed by atoms with E-state index in [-0.39, 0.29) is 6.10 Å². The third-order valence-electron chi connectivity index (χ3n) is 6.20. The van der Waals surface area contributed by atoms with Gasteiger partial charge >= 0.3 is 0 Å². The number of hydrogen-bond donors (Lipinski definition) is 1. The van der Waals surface area contributed by atoms with E-state index in [4.69, 9.17) is 14.2 Å². The number of hydrogen-bond acceptors (Lipinski definition) is 6. The fourth-order valence-corrected chi connectivity index (χ4v) is 4.30. The summed E-state index contributed by atoms with van der Waals surface area (Å²) in [7, 11) is 0. The number of fused-ring (bicyclic) bond motifs is 1. The van der Waals surface area contributed by atoms with E-state index in [9.17, 15) is 5.26 Å². The Morgan fingerprint density at radius 3 is 2.82 bits per heavy atom. The predicted octanol–water partition coefficient (Wildman–Crippen LogP) is 4.21. The zero-order valence-corrected chi connectivity index (χ0v) is 19.3. The maximum Gasteiger partial charge on any atom is 0.145 e. The Balaban J connectivity index is 1.36. The van der Waals surface area contributed by atoms with Gasteiger partial charge in [0, 0.05) is 42.5 Å². The highest BCUT2D eigenvalue weighted by Crippen LogP contribution is 2.32. The van der Waals surface area contributed by atoms with Crippen molar-refractivity contribution >= 4 is 11.0 Å². The zero-order chi connectivity index (χ0) is 23.3. The third-order valence-corrected chi connectivity index (χ3v) is 6.20. The van der Waals surface area contributed by atoms with Gasteiger partial charge in [-0.25, -0.2) is 4.98 Å². The molecule has 0 aliphatic carbocycles. The zero-order valence-electron chi connectivity index (χ0n) is 19.3. The molecule has 2 aromatic heterocycles. The van der Waals surface area contributed by atoms with Gasteiger partial charge in [0.1, 0.15) is 23.6 Å². The number of aromatic nitrogens is 2. The Hall–Kier alpha value is -3.60. The van der Waals surface area contributed by atoms with E-state index in [2.05, 4.69) is 52.2 Å². The van der Waals surface area contributed by atoms with E-state index >= 15 is 0 Å². The lowest BCUT2D eigenvalue weighted by Gasteiger charge is -2.29. The Bertz CT molecular complexity index is 1260. The predicted molar refractivity (Wildman–Crippen MR) is 130 cm³/mol. The third kappa shape index (κ3) is 4.69. The summed E-state index contributed by atoms with van der Waals surface area (Å²) >= 11 is 0. The van der Waals surface area contributed by atoms with Crippen LogP contribution in [0.25, 0.3) is 22.2 Å². The number of pyridine rings is 1. The van der Waals surface area contributed by atoms with E-state index in [1.165, 1.54) is 5.70 Å². The number of ether oxygens (including phenoxy) is 3. The Morgan fingerprint density at radius 2 is 2.09 bits per heavy atom. The highest BCUT2D eigenvalue weighted by Gasteiger charge is 2.22. The Labute approximate surface area is 199 Å². The molecule has 174 valence electrons. The minimum atomic E-state index is 0.0252. The van der Waals surface area contributed by atoms with Crippen molar-refractivity contribution in [1.29, 1.82) is 5.26 Å². The van der Waals surface area contributed by atoms with Gasteiger partial charge in [-0.05, 0) is 48.4 Å². The molecule has 7 heteroatoms. The smallest absolute Gasteiger partial charge is 0.145 e. The minimum Gasteiger partial charge on any atom is -0.484 e. The van der Waals surface area contributed by atoms with Gasteiger partial charge in [-0.3, -0.25) is 0 Å². The van der Waals surface area contributed by atoms with Crippen molar-refractivity contribution < 1.29 is 14.2 Å². The molecule has 0 spiro atoms. The lowest BCUT2D eigenvalue weighted by atomic mass is 10.0. The quantitative estimate of drug-likeness (QED) is 0.536. The first-order valence-electron chi connectivity index (χ1n) is 11.7. The van der Waals surface area contributed by atoms with Gasteiger partial charge in [0.2, 0.25) is 0 Å². The number of morpholine rings is 1. The van der Waals surface area contributed by atoms with E-state index in [1.54, 1.807) is 6.20 Å². The van der Waals surface area contributed by atoms with Crippen molar-refractivity contribution in [2.75, 3.05) is 39.5 Å². The van der Waals surface area contributed by atoms with Crippen LogP contribution in [0.1, 0.15) is 18.2 Å². The number of benzene rings is 1. The van der Waals surface area contributed by atoms with Crippen LogP contribution in [-0.2, 0) is 15.9 Å². The van der Waals surface area contributed by atoms with Crippen LogP contribution in [0, 0.1) is 11.3 Å². The summed E-state index contributed by atoms with van der Waals surface area (Å²) in [6.45, 7) is 6.61. The maximum atomic E-state index is 9.66. The van der Waals surface area contributed by atoms with Crippen LogP contribution < -0.4 is 4.74 Å². The molecular formula is C27H28N4O3. The number of nitrogens with one attached hydrogen (secondary N) is 1. The summed E-state index contributed by atoms with van der Waals surface area (Å²) in [5.41, 5.74) is 5.67. The van der Waals surface area contributed by atoms with Crippen LogP contribution in [0.5, 0.6) is 5.75 Å². The minimum absolute atomic E-state index is 0.0252. The summed E-state index contributed by atoms with van der Waals surface area (Å²) in [6.07, 6.45) is 9.10. The van der Waals surface area contributed by atoms with E-state index in [0.717, 1.165) is 60.6 Å². The average Bonchev–Trinajstić information content (AvgIpc) is 3.28. The van der Waals surface area contributed by atoms with Crippen molar-refractivity contribution in [3.63, 3.8) is 0 Å². The molecule has 1 aromatic carbocycles. The van der Waals surface area contributed by atoms with Crippen LogP contribution in [0.4, 0.5) is 0 Å². The maximum absolute atomic E-state index is 9.66. The first-order valence-corrected chi connectivity index (χ1v) is 11.7. The standard InChI is InChI=1S/C27H28N4O3/c1-2-22(31-10-12-32-13-11-31)5-3-4-21-15-25-24(8-9-29-27(25)30-21)19-6-7-26(20(14-19)16-28)34-23-17-33-18-23/h2-3,5-9,14-15,23H,4,10-13,17-18H2,1H3,(H,29,30)/b5-3-,22-2+. The fourth-order valence-electron chi connectivity index (χ4n) is 4.30. The van der Waals surface area contributed by atoms with Crippen molar-refractivity contribution in [3.05, 3.63) is 71.7 Å². The summed E-state index contributed by atoms with van der Waals surface area (Å²) < 4.78 is 16.5. The van der Waals surface area contributed by atoms with Gasteiger partial charge in [0.25, 0.3) is 0 Å². The van der Waals surface area contributed by atoms with Gasteiger partial charge in [0.05, 0.1) is 32.0 Å². The number of nitriles is 1. The SMILES string of the molecule is C/C=C(\C=C/Cc1cc2c(-c3ccc(OC4COC4)c(C#N)c3)ccnc2[nH]1)N1CCOCC1. The van der Waals surface area contributed by atoms with Gasteiger partial charge in [0.15, 0.2) is 0 Å². The van der Waals surface area contributed by atoms with Gasteiger partial charge in [-0.1, -0.05) is 18.2 Å². The molecule has 0 amide bonds. The second-order valence-electron chi connectivity index (χ2n) is 8.43. The number of allylic oxidation sites excluding steroid dienone is 3. The highest BCUT2D eigenvalue weighted by molar-refractivity contribution is 5.93. The molecular weight excluding hydrogens is 428 g/mol.